The van der Waals surface area contributed by atoms with E-state index in [4.69, 9.17) is 0 Å². The molecule has 0 saturated heterocycles. The maximum absolute atomic E-state index is 10.7. The van der Waals surface area contributed by atoms with Crippen molar-refractivity contribution in [3.8, 4) is 0 Å². The quantitative estimate of drug-likeness (QED) is 0.424. The average molecular weight is 209 g/mol. The Balaban J connectivity index is 2.88. The standard InChI is InChI=1S/C7H3N3O3S/c11-3-4-1-2-5-6(9-14-8-5)7(4)10(12)13/h1-3H. The van der Waals surface area contributed by atoms with E-state index < -0.39 is 4.92 Å². The summed E-state index contributed by atoms with van der Waals surface area (Å²) < 4.78 is 7.63. The largest absolute Gasteiger partial charge is 0.308 e. The van der Waals surface area contributed by atoms with E-state index in [-0.39, 0.29) is 16.8 Å². The number of benzene rings is 1. The van der Waals surface area contributed by atoms with Gasteiger partial charge in [0.1, 0.15) is 5.52 Å². The Morgan fingerprint density at radius 3 is 2.86 bits per heavy atom. The molecule has 0 radical (unpaired) electrons. The van der Waals surface area contributed by atoms with Crippen LogP contribution in [0.3, 0.4) is 0 Å². The van der Waals surface area contributed by atoms with E-state index in [9.17, 15) is 14.9 Å². The molecule has 0 amide bonds. The molecular weight excluding hydrogens is 206 g/mol. The molecule has 6 nitrogen and oxygen atoms in total. The molecule has 2 rings (SSSR count). The van der Waals surface area contributed by atoms with Gasteiger partial charge in [0, 0.05) is 0 Å². The summed E-state index contributed by atoms with van der Waals surface area (Å²) in [6, 6.07) is 2.91. The van der Waals surface area contributed by atoms with Crippen LogP contribution in [0.2, 0.25) is 0 Å². The van der Waals surface area contributed by atoms with E-state index in [2.05, 4.69) is 8.75 Å². The first-order valence-corrected chi connectivity index (χ1v) is 4.32. The number of carbonyl (C=O) groups is 1. The molecule has 0 atom stereocenters. The van der Waals surface area contributed by atoms with Gasteiger partial charge >= 0.3 is 5.69 Å². The molecule has 70 valence electrons. The van der Waals surface area contributed by atoms with E-state index in [0.29, 0.717) is 11.8 Å². The van der Waals surface area contributed by atoms with Gasteiger partial charge in [0.2, 0.25) is 0 Å². The van der Waals surface area contributed by atoms with E-state index in [0.717, 1.165) is 11.7 Å². The highest BCUT2D eigenvalue weighted by Gasteiger charge is 2.20. The van der Waals surface area contributed by atoms with Gasteiger partial charge in [-0.3, -0.25) is 14.9 Å². The Kier molecular flexibility index (Phi) is 1.93. The van der Waals surface area contributed by atoms with Crippen LogP contribution in [0.15, 0.2) is 12.1 Å². The molecule has 0 aliphatic heterocycles. The fourth-order valence-corrected chi connectivity index (χ4v) is 1.68. The highest BCUT2D eigenvalue weighted by molar-refractivity contribution is 7.00. The van der Waals surface area contributed by atoms with Crippen LogP contribution in [0.4, 0.5) is 5.69 Å². The van der Waals surface area contributed by atoms with Crippen LogP contribution in [0.5, 0.6) is 0 Å². The summed E-state index contributed by atoms with van der Waals surface area (Å²) in [7, 11) is 0. The average Bonchev–Trinajstić information content (AvgIpc) is 2.62. The van der Waals surface area contributed by atoms with Crippen LogP contribution >= 0.6 is 11.7 Å². The summed E-state index contributed by atoms with van der Waals surface area (Å²) in [6.45, 7) is 0. The molecule has 0 bridgehead atoms. The van der Waals surface area contributed by atoms with E-state index in [1.165, 1.54) is 12.1 Å². The topological polar surface area (TPSA) is 86.0 Å². The number of aldehydes is 1. The molecule has 1 aromatic carbocycles. The predicted octanol–water partition coefficient (Wildman–Crippen LogP) is 1.41. The van der Waals surface area contributed by atoms with Gasteiger partial charge in [-0.2, -0.15) is 8.75 Å². The maximum atomic E-state index is 10.7. The number of hydrogen-bond donors (Lipinski definition) is 0. The van der Waals surface area contributed by atoms with Crippen LogP contribution < -0.4 is 0 Å². The predicted molar refractivity (Wildman–Crippen MR) is 49.5 cm³/mol. The van der Waals surface area contributed by atoms with Crippen molar-refractivity contribution in [2.75, 3.05) is 0 Å². The first-order chi connectivity index (χ1) is 6.74. The minimum Gasteiger partial charge on any atom is -0.298 e. The number of rotatable bonds is 2. The number of nitro groups is 1. The lowest BCUT2D eigenvalue weighted by Crippen LogP contribution is -1.95. The zero-order valence-corrected chi connectivity index (χ0v) is 7.52. The molecule has 0 unspecified atom stereocenters. The third-order valence-electron chi connectivity index (χ3n) is 1.74. The van der Waals surface area contributed by atoms with E-state index in [1.807, 2.05) is 0 Å². The minimum absolute atomic E-state index is 0.0233. The minimum atomic E-state index is -0.618. The van der Waals surface area contributed by atoms with Gasteiger partial charge in [0.15, 0.2) is 11.8 Å². The van der Waals surface area contributed by atoms with Crippen molar-refractivity contribution < 1.29 is 9.72 Å². The SMILES string of the molecule is O=Cc1ccc2nsnc2c1[N+](=O)[O-]. The van der Waals surface area contributed by atoms with Gasteiger partial charge in [-0.1, -0.05) is 0 Å². The highest BCUT2D eigenvalue weighted by Crippen LogP contribution is 2.26. The second-order valence-electron chi connectivity index (χ2n) is 2.51. The van der Waals surface area contributed by atoms with Crippen molar-refractivity contribution in [2.45, 2.75) is 0 Å². The number of hydrogen-bond acceptors (Lipinski definition) is 6. The van der Waals surface area contributed by atoms with Gasteiger partial charge in [-0.15, -0.1) is 0 Å². The van der Waals surface area contributed by atoms with Crippen molar-refractivity contribution in [3.63, 3.8) is 0 Å². The van der Waals surface area contributed by atoms with Gasteiger partial charge < -0.3 is 0 Å². The lowest BCUT2D eigenvalue weighted by atomic mass is 10.1. The fourth-order valence-electron chi connectivity index (χ4n) is 1.14. The zero-order valence-electron chi connectivity index (χ0n) is 6.71. The Bertz CT molecular complexity index is 522. The van der Waals surface area contributed by atoms with Crippen molar-refractivity contribution in [1.82, 2.24) is 8.75 Å². The second-order valence-corrected chi connectivity index (χ2v) is 3.04. The van der Waals surface area contributed by atoms with Gasteiger partial charge in [0.25, 0.3) is 0 Å². The summed E-state index contributed by atoms with van der Waals surface area (Å²) in [6.07, 6.45) is 0.441. The summed E-state index contributed by atoms with van der Waals surface area (Å²) in [5.74, 6) is 0. The Hall–Kier alpha value is -1.89. The number of nitrogens with zero attached hydrogens (tertiary/aromatic N) is 3. The molecule has 0 spiro atoms. The van der Waals surface area contributed by atoms with Crippen LogP contribution in [-0.4, -0.2) is 20.0 Å². The number of fused-ring (bicyclic) bond motifs is 1. The van der Waals surface area contributed by atoms with Gasteiger partial charge in [-0.25, -0.2) is 0 Å². The van der Waals surface area contributed by atoms with Crippen LogP contribution in [-0.2, 0) is 0 Å². The van der Waals surface area contributed by atoms with Crippen LogP contribution in [0.25, 0.3) is 11.0 Å². The molecule has 14 heavy (non-hydrogen) atoms. The molecular formula is C7H3N3O3S. The highest BCUT2D eigenvalue weighted by atomic mass is 32.1. The third-order valence-corrected chi connectivity index (χ3v) is 2.28. The van der Waals surface area contributed by atoms with E-state index in [1.54, 1.807) is 0 Å². The normalized spacial score (nSPS) is 10.3. The summed E-state index contributed by atoms with van der Waals surface area (Å²) >= 11 is 0.883. The molecule has 0 N–H and O–H groups in total. The Labute approximate surface area is 81.7 Å². The molecule has 7 heteroatoms. The molecule has 1 heterocycles. The molecule has 2 aromatic rings. The van der Waals surface area contributed by atoms with Gasteiger partial charge in [-0.05, 0) is 12.1 Å². The molecule has 0 aliphatic rings. The Morgan fingerprint density at radius 2 is 2.21 bits per heavy atom. The van der Waals surface area contributed by atoms with Gasteiger partial charge in [0.05, 0.1) is 22.2 Å². The smallest absolute Gasteiger partial charge is 0.298 e. The zero-order chi connectivity index (χ0) is 10.1. The second kappa shape index (κ2) is 3.11. The van der Waals surface area contributed by atoms with Crippen molar-refractivity contribution in [2.24, 2.45) is 0 Å². The van der Waals surface area contributed by atoms with Crippen molar-refractivity contribution in [1.29, 1.82) is 0 Å². The molecule has 0 fully saturated rings. The first kappa shape index (κ1) is 8.70. The number of carbonyl (C=O) groups excluding carboxylic acids is 1. The number of aromatic nitrogens is 2. The van der Waals surface area contributed by atoms with Crippen LogP contribution in [0.1, 0.15) is 10.4 Å². The lowest BCUT2D eigenvalue weighted by molar-refractivity contribution is -0.383. The maximum Gasteiger partial charge on any atom is 0.308 e. The Morgan fingerprint density at radius 1 is 1.43 bits per heavy atom. The summed E-state index contributed by atoms with van der Waals surface area (Å²) in [5.41, 5.74) is 0.360. The fraction of sp³-hybridized carbons (Fsp3) is 0. The molecule has 1 aromatic heterocycles. The van der Waals surface area contributed by atoms with Crippen molar-refractivity contribution in [3.05, 3.63) is 27.8 Å². The lowest BCUT2D eigenvalue weighted by Gasteiger charge is -1.94. The molecule has 0 saturated carbocycles. The molecule has 0 aliphatic carbocycles. The monoisotopic (exact) mass is 209 g/mol. The first-order valence-electron chi connectivity index (χ1n) is 3.59. The van der Waals surface area contributed by atoms with Crippen LogP contribution in [0, 0.1) is 10.1 Å². The summed E-state index contributed by atoms with van der Waals surface area (Å²) in [5, 5.41) is 10.7. The van der Waals surface area contributed by atoms with E-state index >= 15 is 0 Å². The van der Waals surface area contributed by atoms with Crippen molar-refractivity contribution >= 4 is 34.7 Å². The third kappa shape index (κ3) is 1.14. The number of nitro benzene ring substituents is 1. The summed E-state index contributed by atoms with van der Waals surface area (Å²) in [4.78, 5) is 20.6.